The van der Waals surface area contributed by atoms with Gasteiger partial charge in [0.2, 0.25) is 11.8 Å². The molecule has 6 heteroatoms. The van der Waals surface area contributed by atoms with Crippen molar-refractivity contribution in [2.75, 3.05) is 12.0 Å². The quantitative estimate of drug-likeness (QED) is 0.346. The van der Waals surface area contributed by atoms with Crippen LogP contribution in [0.3, 0.4) is 0 Å². The molecule has 0 saturated carbocycles. The van der Waals surface area contributed by atoms with Crippen LogP contribution in [0.4, 0.5) is 5.69 Å². The molecule has 1 fully saturated rings. The molecule has 1 heterocycles. The summed E-state index contributed by atoms with van der Waals surface area (Å²) < 4.78 is 4.81. The number of imide groups is 1. The van der Waals surface area contributed by atoms with Gasteiger partial charge in [0.1, 0.15) is 6.29 Å². The molecule has 1 aliphatic heterocycles. The van der Waals surface area contributed by atoms with Crippen molar-refractivity contribution in [1.29, 1.82) is 0 Å². The van der Waals surface area contributed by atoms with Gasteiger partial charge in [0.25, 0.3) is 0 Å². The van der Waals surface area contributed by atoms with Crippen molar-refractivity contribution in [2.45, 2.75) is 17.8 Å². The van der Waals surface area contributed by atoms with Gasteiger partial charge in [-0.25, -0.2) is 9.69 Å². The second-order valence-corrected chi connectivity index (χ2v) is 9.29. The minimum atomic E-state index is -1.27. The number of amides is 2. The first-order chi connectivity index (χ1) is 16.4. The fourth-order valence-electron chi connectivity index (χ4n) is 6.61. The maximum Gasteiger partial charge on any atom is 0.337 e. The van der Waals surface area contributed by atoms with Gasteiger partial charge in [0, 0.05) is 5.41 Å². The molecule has 1 saturated heterocycles. The van der Waals surface area contributed by atoms with E-state index < -0.39 is 34.5 Å². The van der Waals surface area contributed by atoms with Crippen LogP contribution in [0.25, 0.3) is 0 Å². The lowest BCUT2D eigenvalue weighted by atomic mass is 9.42. The summed E-state index contributed by atoms with van der Waals surface area (Å²) in [5, 5.41) is 0. The number of methoxy groups -OCH3 is 1. The Bertz CT molecular complexity index is 1380. The van der Waals surface area contributed by atoms with E-state index in [1.54, 1.807) is 18.2 Å². The average Bonchev–Trinajstić information content (AvgIpc) is 3.16. The Balaban J connectivity index is 1.62. The molecular weight excluding hydrogens is 430 g/mol. The molecule has 0 unspecified atom stereocenters. The highest BCUT2D eigenvalue weighted by molar-refractivity contribution is 6.25. The Morgan fingerprint density at radius 3 is 1.97 bits per heavy atom. The maximum atomic E-state index is 14.0. The molecule has 2 bridgehead atoms. The lowest BCUT2D eigenvalue weighted by Gasteiger charge is -2.56. The van der Waals surface area contributed by atoms with Gasteiger partial charge < -0.3 is 9.53 Å². The standard InChI is InChI=1S/C28H21NO5/c1-27-18-10-3-5-12-20(18)28(15-30,21-13-6-4-11-19(21)27)23-22(27)24(31)29(25(23)32)17-9-7-8-16(14-17)26(33)34-2/h3-15,22-23H,1-2H3/t22-,23-,27?,28?/m0/s1. The van der Waals surface area contributed by atoms with Crippen LogP contribution >= 0.6 is 0 Å². The highest BCUT2D eigenvalue weighted by Gasteiger charge is 2.72. The molecule has 4 aliphatic rings. The van der Waals surface area contributed by atoms with E-state index in [1.165, 1.54) is 13.2 Å². The minimum absolute atomic E-state index is 0.237. The van der Waals surface area contributed by atoms with Crippen molar-refractivity contribution in [2.24, 2.45) is 11.8 Å². The summed E-state index contributed by atoms with van der Waals surface area (Å²) in [5.74, 6) is -2.99. The highest BCUT2D eigenvalue weighted by atomic mass is 16.5. The number of ether oxygens (including phenoxy) is 1. The van der Waals surface area contributed by atoms with Crippen molar-refractivity contribution >= 4 is 29.8 Å². The Morgan fingerprint density at radius 2 is 1.41 bits per heavy atom. The van der Waals surface area contributed by atoms with E-state index in [2.05, 4.69) is 0 Å². The molecule has 0 N–H and O–H groups in total. The zero-order valence-electron chi connectivity index (χ0n) is 18.6. The third kappa shape index (κ3) is 2.16. The van der Waals surface area contributed by atoms with Gasteiger partial charge in [-0.05, 0) is 40.5 Å². The predicted molar refractivity (Wildman–Crippen MR) is 123 cm³/mol. The third-order valence-electron chi connectivity index (χ3n) is 7.99. The fraction of sp³-hybridized carbons (Fsp3) is 0.214. The molecule has 3 aromatic carbocycles. The van der Waals surface area contributed by atoms with Crippen LogP contribution in [0.5, 0.6) is 0 Å². The Labute approximate surface area is 196 Å². The summed E-state index contributed by atoms with van der Waals surface area (Å²) in [7, 11) is 1.27. The van der Waals surface area contributed by atoms with E-state index in [9.17, 15) is 19.2 Å². The molecule has 0 aromatic heterocycles. The van der Waals surface area contributed by atoms with Crippen LogP contribution in [-0.4, -0.2) is 31.2 Å². The normalized spacial score (nSPS) is 28.2. The lowest BCUT2D eigenvalue weighted by Crippen LogP contribution is -2.61. The van der Waals surface area contributed by atoms with Crippen LogP contribution in [0.2, 0.25) is 0 Å². The second kappa shape index (κ2) is 6.73. The van der Waals surface area contributed by atoms with Gasteiger partial charge in [-0.2, -0.15) is 0 Å². The van der Waals surface area contributed by atoms with Crippen molar-refractivity contribution in [3.63, 3.8) is 0 Å². The molecule has 0 radical (unpaired) electrons. The molecule has 34 heavy (non-hydrogen) atoms. The molecule has 3 aliphatic carbocycles. The van der Waals surface area contributed by atoms with Gasteiger partial charge in [-0.3, -0.25) is 9.59 Å². The summed E-state index contributed by atoms with van der Waals surface area (Å²) in [4.78, 5) is 54.4. The van der Waals surface area contributed by atoms with Crippen LogP contribution < -0.4 is 4.90 Å². The number of nitrogens with zero attached hydrogens (tertiary/aromatic N) is 1. The largest absolute Gasteiger partial charge is 0.465 e. The van der Waals surface area contributed by atoms with E-state index in [0.29, 0.717) is 5.69 Å². The molecule has 168 valence electrons. The number of esters is 1. The van der Waals surface area contributed by atoms with Crippen molar-refractivity contribution in [3.8, 4) is 0 Å². The SMILES string of the molecule is COC(=O)c1cccc(N2C(=O)[C@@H]3[C@@H](C2=O)C2(C=O)c4ccccc4C3(C)c3ccccc32)c1. The predicted octanol–water partition coefficient (Wildman–Crippen LogP) is 3.40. The number of hydrogen-bond acceptors (Lipinski definition) is 5. The number of carbonyl (C=O) groups excluding carboxylic acids is 4. The number of benzene rings is 3. The first-order valence-corrected chi connectivity index (χ1v) is 11.1. The first kappa shape index (κ1) is 20.5. The van der Waals surface area contributed by atoms with E-state index >= 15 is 0 Å². The van der Waals surface area contributed by atoms with Crippen LogP contribution in [0, 0.1) is 11.8 Å². The Kier molecular flexibility index (Phi) is 4.07. The number of carbonyl (C=O) groups is 4. The summed E-state index contributed by atoms with van der Waals surface area (Å²) >= 11 is 0. The van der Waals surface area contributed by atoms with Crippen LogP contribution in [0.15, 0.2) is 72.8 Å². The molecule has 2 amide bonds. The van der Waals surface area contributed by atoms with Crippen molar-refractivity contribution < 1.29 is 23.9 Å². The maximum absolute atomic E-state index is 14.0. The summed E-state index contributed by atoms with van der Waals surface area (Å²) in [6, 6.07) is 21.5. The molecule has 3 aromatic rings. The smallest absolute Gasteiger partial charge is 0.337 e. The fourth-order valence-corrected chi connectivity index (χ4v) is 6.61. The minimum Gasteiger partial charge on any atom is -0.465 e. The summed E-state index contributed by atoms with van der Waals surface area (Å²) in [6.45, 7) is 2.00. The average molecular weight is 451 g/mol. The van der Waals surface area contributed by atoms with Gasteiger partial charge >= 0.3 is 5.97 Å². The van der Waals surface area contributed by atoms with Crippen LogP contribution in [0.1, 0.15) is 39.5 Å². The monoisotopic (exact) mass is 451 g/mol. The first-order valence-electron chi connectivity index (χ1n) is 11.1. The van der Waals surface area contributed by atoms with Crippen LogP contribution in [-0.2, 0) is 30.0 Å². The number of anilines is 1. The molecule has 6 nitrogen and oxygen atoms in total. The van der Waals surface area contributed by atoms with Crippen molar-refractivity contribution in [1.82, 2.24) is 0 Å². The van der Waals surface area contributed by atoms with Crippen molar-refractivity contribution in [3.05, 3.63) is 101 Å². The zero-order valence-corrected chi connectivity index (χ0v) is 18.6. The van der Waals surface area contributed by atoms with Gasteiger partial charge in [0.05, 0.1) is 35.6 Å². The van der Waals surface area contributed by atoms with Gasteiger partial charge in [0.15, 0.2) is 0 Å². The second-order valence-electron chi connectivity index (χ2n) is 9.29. The Hall–Kier alpha value is -4.06. The summed E-state index contributed by atoms with van der Waals surface area (Å²) in [6.07, 6.45) is 0.848. The molecule has 0 spiro atoms. The molecule has 7 rings (SSSR count). The highest BCUT2D eigenvalue weighted by Crippen LogP contribution is 2.66. The topological polar surface area (TPSA) is 80.8 Å². The zero-order chi connectivity index (χ0) is 23.8. The molecular formula is C28H21NO5. The molecule has 2 atom stereocenters. The Morgan fingerprint density at radius 1 is 0.853 bits per heavy atom. The van der Waals surface area contributed by atoms with Gasteiger partial charge in [-0.1, -0.05) is 61.5 Å². The lowest BCUT2D eigenvalue weighted by molar-refractivity contribution is -0.129. The van der Waals surface area contributed by atoms with E-state index in [4.69, 9.17) is 4.74 Å². The number of rotatable bonds is 3. The van der Waals surface area contributed by atoms with E-state index in [0.717, 1.165) is 33.4 Å². The van der Waals surface area contributed by atoms with E-state index in [-0.39, 0.29) is 11.5 Å². The van der Waals surface area contributed by atoms with Gasteiger partial charge in [-0.15, -0.1) is 0 Å². The number of hydrogen-bond donors (Lipinski definition) is 0. The summed E-state index contributed by atoms with van der Waals surface area (Å²) in [5.41, 5.74) is 1.83. The third-order valence-corrected chi connectivity index (χ3v) is 7.99. The number of aldehydes is 1. The van der Waals surface area contributed by atoms with E-state index in [1.807, 2.05) is 55.5 Å².